The van der Waals surface area contributed by atoms with Crippen LogP contribution < -0.4 is 0 Å². The molecule has 0 aromatic carbocycles. The first-order valence-corrected chi connectivity index (χ1v) is 12.5. The van der Waals surface area contributed by atoms with Gasteiger partial charge in [0.25, 0.3) is 0 Å². The van der Waals surface area contributed by atoms with Gasteiger partial charge >= 0.3 is 122 Å². The zero-order valence-corrected chi connectivity index (χ0v) is 14.5. The minimum atomic E-state index is 0.364. The van der Waals surface area contributed by atoms with E-state index >= 15 is 0 Å². The van der Waals surface area contributed by atoms with Crippen molar-refractivity contribution in [3.63, 3.8) is 0 Å². The third kappa shape index (κ3) is 2.12. The Hall–Kier alpha value is 0.559. The molecular weight excluding hydrogens is 470 g/mol. The van der Waals surface area contributed by atoms with Crippen molar-refractivity contribution in [3.05, 3.63) is 44.0 Å². The van der Waals surface area contributed by atoms with E-state index < -0.39 is 0 Å². The Kier molecular flexibility index (Phi) is 3.40. The molecule has 0 N–H and O–H groups in total. The first-order chi connectivity index (χ1) is 7.74. The van der Waals surface area contributed by atoms with Gasteiger partial charge in [0, 0.05) is 0 Å². The third-order valence-corrected chi connectivity index (χ3v) is 10.2. The number of fused-ring (bicyclic) bond motifs is 1. The van der Waals surface area contributed by atoms with E-state index in [9.17, 15) is 0 Å². The second-order valence-corrected chi connectivity index (χ2v) is 11.5. The fourth-order valence-corrected chi connectivity index (χ4v) is 9.91. The summed E-state index contributed by atoms with van der Waals surface area (Å²) in [6.45, 7) is 0. The van der Waals surface area contributed by atoms with Crippen molar-refractivity contribution in [2.24, 2.45) is 5.92 Å². The first kappa shape index (κ1) is 11.6. The Bertz CT molecular complexity index is 481. The van der Waals surface area contributed by atoms with Crippen LogP contribution in [0.2, 0.25) is 0 Å². The van der Waals surface area contributed by atoms with Gasteiger partial charge in [0.2, 0.25) is 0 Å². The molecule has 1 aromatic rings. The molecule has 2 unspecified atom stereocenters. The van der Waals surface area contributed by atoms with Gasteiger partial charge in [-0.3, -0.25) is 0 Å². The number of hydrogen-bond donors (Lipinski definition) is 0. The van der Waals surface area contributed by atoms with E-state index in [1.54, 1.807) is 0 Å². The summed E-state index contributed by atoms with van der Waals surface area (Å²) in [5.41, 5.74) is 0. The van der Waals surface area contributed by atoms with Crippen LogP contribution in [0.15, 0.2) is 42.7 Å². The van der Waals surface area contributed by atoms with Gasteiger partial charge in [-0.25, -0.2) is 0 Å². The van der Waals surface area contributed by atoms with E-state index in [1.165, 1.54) is 0 Å². The van der Waals surface area contributed by atoms with Crippen molar-refractivity contribution in [1.82, 2.24) is 0 Å². The topological polar surface area (TPSA) is 22.4 Å². The summed E-state index contributed by atoms with van der Waals surface area (Å²) in [6, 6.07) is 4.03. The van der Waals surface area contributed by atoms with Crippen molar-refractivity contribution in [2.75, 3.05) is 0 Å². The van der Waals surface area contributed by atoms with E-state index in [2.05, 4.69) is 49.0 Å². The third-order valence-electron chi connectivity index (χ3n) is 2.38. The van der Waals surface area contributed by atoms with Crippen LogP contribution in [0.4, 0.5) is 0 Å². The average molecular weight is 476 g/mol. The number of hydrogen-bond acceptors (Lipinski definition) is 2. The molecule has 84 valence electrons. The molecule has 0 saturated carbocycles. The van der Waals surface area contributed by atoms with Gasteiger partial charge in [0.15, 0.2) is 0 Å². The summed E-state index contributed by atoms with van der Waals surface area (Å²) in [5.74, 6) is 2.53. The number of allylic oxidation sites excluding steroid dienone is 1. The van der Waals surface area contributed by atoms with E-state index in [1.807, 2.05) is 6.07 Å². The zero-order chi connectivity index (χ0) is 11.1. The molecule has 0 aliphatic carbocycles. The van der Waals surface area contributed by atoms with Gasteiger partial charge < -0.3 is 0 Å². The van der Waals surface area contributed by atoms with Crippen LogP contribution in [0.25, 0.3) is 0 Å². The van der Waals surface area contributed by atoms with Gasteiger partial charge in [0.1, 0.15) is 0 Å². The molecule has 2 nitrogen and oxygen atoms in total. The summed E-state index contributed by atoms with van der Waals surface area (Å²) >= 11 is 7.92. The first-order valence-electron chi connectivity index (χ1n) is 4.56. The normalized spacial score (nSPS) is 28.1. The number of furan rings is 1. The van der Waals surface area contributed by atoms with Gasteiger partial charge in [-0.1, -0.05) is 0 Å². The Labute approximate surface area is 121 Å². The molecule has 16 heavy (non-hydrogen) atoms. The van der Waals surface area contributed by atoms with Crippen molar-refractivity contribution in [3.8, 4) is 0 Å². The summed E-state index contributed by atoms with van der Waals surface area (Å²) < 4.78 is 13.0. The quantitative estimate of drug-likeness (QED) is 0.582. The predicted octanol–water partition coefficient (Wildman–Crippen LogP) is 3.14. The second-order valence-electron chi connectivity index (χ2n) is 3.37. The molecule has 0 fully saturated rings. The molecule has 1 aromatic heterocycles. The molecule has 2 aliphatic heterocycles. The van der Waals surface area contributed by atoms with E-state index in [4.69, 9.17) is 9.15 Å². The van der Waals surface area contributed by atoms with E-state index in [-0.39, 0.29) is 0 Å². The SMILES string of the molecule is BrC1=CC2C(=C[Se][Se]C2c2ccc(Br)o2)O1. The van der Waals surface area contributed by atoms with Crippen molar-refractivity contribution in [2.45, 2.75) is 4.82 Å². The molecule has 0 amide bonds. The standard InChI is InChI=1S/C10H6Br2O2Se2/c11-8-2-1-6(13-8)10-5-3-9(12)14-7(5)4-15-16-10/h1-5,10H. The predicted molar refractivity (Wildman–Crippen MR) is 70.3 cm³/mol. The van der Waals surface area contributed by atoms with Crippen LogP contribution in [-0.4, -0.2) is 26.3 Å². The maximum absolute atomic E-state index is 5.68. The molecule has 0 bridgehead atoms. The molecule has 0 saturated heterocycles. The van der Waals surface area contributed by atoms with E-state index in [0.29, 0.717) is 37.0 Å². The second kappa shape index (κ2) is 4.68. The molecule has 2 aliphatic rings. The van der Waals surface area contributed by atoms with Crippen LogP contribution in [0, 0.1) is 5.92 Å². The molecule has 2 atom stereocenters. The van der Waals surface area contributed by atoms with Gasteiger partial charge in [0.05, 0.1) is 0 Å². The monoisotopic (exact) mass is 476 g/mol. The fourth-order valence-electron chi connectivity index (χ4n) is 1.68. The molecule has 3 rings (SSSR count). The Balaban J connectivity index is 1.94. The molecular formula is C10H6Br2O2Se2. The summed E-state index contributed by atoms with van der Waals surface area (Å²) in [7, 11) is 0. The fraction of sp³-hybridized carbons (Fsp3) is 0.200. The van der Waals surface area contributed by atoms with Crippen LogP contribution in [-0.2, 0) is 4.74 Å². The van der Waals surface area contributed by atoms with Crippen molar-refractivity contribution >= 4 is 58.1 Å². The summed E-state index contributed by atoms with van der Waals surface area (Å²) in [6.07, 6.45) is 2.14. The van der Waals surface area contributed by atoms with Gasteiger partial charge in [-0.2, -0.15) is 0 Å². The molecule has 0 spiro atoms. The Morgan fingerprint density at radius 3 is 2.88 bits per heavy atom. The number of rotatable bonds is 1. The minimum absolute atomic E-state index is 0.364. The van der Waals surface area contributed by atoms with Crippen LogP contribution >= 0.6 is 31.9 Å². The maximum atomic E-state index is 5.68. The van der Waals surface area contributed by atoms with Crippen molar-refractivity contribution in [1.29, 1.82) is 0 Å². The van der Waals surface area contributed by atoms with Gasteiger partial charge in [-0.15, -0.1) is 0 Å². The van der Waals surface area contributed by atoms with Gasteiger partial charge in [-0.05, 0) is 0 Å². The summed E-state index contributed by atoms with van der Waals surface area (Å²) in [4.78, 5) is 2.74. The average Bonchev–Trinajstić information content (AvgIpc) is 2.82. The summed E-state index contributed by atoms with van der Waals surface area (Å²) in [5, 5.41) is 0. The number of ether oxygens (including phenoxy) is 1. The number of halogens is 2. The Morgan fingerprint density at radius 2 is 2.12 bits per heavy atom. The van der Waals surface area contributed by atoms with Crippen LogP contribution in [0.3, 0.4) is 0 Å². The zero-order valence-electron chi connectivity index (χ0n) is 7.85. The van der Waals surface area contributed by atoms with Crippen LogP contribution in [0.1, 0.15) is 10.6 Å². The van der Waals surface area contributed by atoms with Crippen molar-refractivity contribution < 1.29 is 9.15 Å². The van der Waals surface area contributed by atoms with Crippen LogP contribution in [0.5, 0.6) is 0 Å². The van der Waals surface area contributed by atoms with E-state index in [0.717, 1.165) is 20.9 Å². The molecule has 3 heterocycles. The molecule has 0 radical (unpaired) electrons. The Morgan fingerprint density at radius 1 is 1.25 bits per heavy atom. The molecule has 6 heteroatoms.